The average Bonchev–Trinajstić information content (AvgIpc) is 2.77. The lowest BCUT2D eigenvalue weighted by Crippen LogP contribution is -2.47. The van der Waals surface area contributed by atoms with Gasteiger partial charge in [0.25, 0.3) is 0 Å². The molecule has 1 fully saturated rings. The Balaban J connectivity index is 2.02. The quantitative estimate of drug-likeness (QED) is 0.752. The number of hydrogen-bond acceptors (Lipinski definition) is 3. The van der Waals surface area contributed by atoms with Gasteiger partial charge < -0.3 is 5.32 Å². The molecule has 0 bridgehead atoms. The standard InChI is InChI=1S/C16H22Cl2N2O3S/c1-11(16(21)19-13-6-4-2-3-5-7-13)20-24(22,23)15-10-12(17)8-9-14(15)18/h8-11,13,20H,2-7H2,1H3,(H,19,21). The van der Waals surface area contributed by atoms with Crippen LogP contribution in [0.15, 0.2) is 23.1 Å². The molecule has 1 unspecified atom stereocenters. The molecule has 0 radical (unpaired) electrons. The largest absolute Gasteiger partial charge is 0.352 e. The van der Waals surface area contributed by atoms with Gasteiger partial charge in [0.1, 0.15) is 4.90 Å². The Labute approximate surface area is 153 Å². The van der Waals surface area contributed by atoms with Gasteiger partial charge in [0.15, 0.2) is 0 Å². The molecule has 2 rings (SSSR count). The molecule has 1 aliphatic rings. The van der Waals surface area contributed by atoms with Crippen molar-refractivity contribution in [3.63, 3.8) is 0 Å². The van der Waals surface area contributed by atoms with Crippen LogP contribution in [0.2, 0.25) is 10.0 Å². The van der Waals surface area contributed by atoms with E-state index in [2.05, 4.69) is 10.0 Å². The molecule has 1 aromatic rings. The van der Waals surface area contributed by atoms with E-state index in [4.69, 9.17) is 23.2 Å². The van der Waals surface area contributed by atoms with Gasteiger partial charge in [0.05, 0.1) is 11.1 Å². The summed E-state index contributed by atoms with van der Waals surface area (Å²) in [5.74, 6) is -0.330. The van der Waals surface area contributed by atoms with Gasteiger partial charge in [-0.3, -0.25) is 4.79 Å². The molecule has 0 aromatic heterocycles. The van der Waals surface area contributed by atoms with Gasteiger partial charge in [-0.25, -0.2) is 8.42 Å². The van der Waals surface area contributed by atoms with Crippen LogP contribution < -0.4 is 10.0 Å². The summed E-state index contributed by atoms with van der Waals surface area (Å²) in [7, 11) is -3.93. The highest BCUT2D eigenvalue weighted by atomic mass is 35.5. The first-order valence-electron chi connectivity index (χ1n) is 8.07. The Morgan fingerprint density at radius 1 is 1.17 bits per heavy atom. The van der Waals surface area contributed by atoms with Gasteiger partial charge in [-0.05, 0) is 38.0 Å². The number of carbonyl (C=O) groups excluding carboxylic acids is 1. The molecule has 1 aromatic carbocycles. The number of sulfonamides is 1. The highest BCUT2D eigenvalue weighted by molar-refractivity contribution is 7.89. The molecule has 134 valence electrons. The van der Waals surface area contributed by atoms with Gasteiger partial charge in [-0.1, -0.05) is 48.9 Å². The average molecular weight is 393 g/mol. The summed E-state index contributed by atoms with van der Waals surface area (Å²) in [5, 5.41) is 3.25. The molecule has 24 heavy (non-hydrogen) atoms. The minimum absolute atomic E-state index is 0.0586. The second-order valence-corrected chi connectivity index (χ2v) is 8.64. The first kappa shape index (κ1) is 19.5. The molecule has 1 atom stereocenters. The van der Waals surface area contributed by atoms with E-state index in [1.54, 1.807) is 0 Å². The minimum Gasteiger partial charge on any atom is -0.352 e. The summed E-state index contributed by atoms with van der Waals surface area (Å²) in [5.41, 5.74) is 0. The van der Waals surface area contributed by atoms with Gasteiger partial charge in [0, 0.05) is 11.1 Å². The molecule has 1 aliphatic carbocycles. The predicted molar refractivity (Wildman–Crippen MR) is 95.9 cm³/mol. The Kier molecular flexibility index (Phi) is 6.92. The summed E-state index contributed by atoms with van der Waals surface area (Å²) < 4.78 is 27.2. The van der Waals surface area contributed by atoms with Crippen molar-refractivity contribution >= 4 is 39.1 Å². The van der Waals surface area contributed by atoms with Gasteiger partial charge >= 0.3 is 0 Å². The first-order valence-corrected chi connectivity index (χ1v) is 10.3. The van der Waals surface area contributed by atoms with Crippen LogP contribution in [-0.4, -0.2) is 26.4 Å². The lowest BCUT2D eigenvalue weighted by molar-refractivity contribution is -0.123. The van der Waals surface area contributed by atoms with Crippen LogP contribution in [0.1, 0.15) is 45.4 Å². The molecule has 1 saturated carbocycles. The maximum atomic E-state index is 12.4. The molecule has 8 heteroatoms. The Morgan fingerprint density at radius 2 is 1.79 bits per heavy atom. The number of amides is 1. The van der Waals surface area contributed by atoms with Crippen molar-refractivity contribution in [2.75, 3.05) is 0 Å². The summed E-state index contributed by atoms with van der Waals surface area (Å²) in [4.78, 5) is 12.2. The zero-order valence-corrected chi connectivity index (χ0v) is 15.8. The Morgan fingerprint density at radius 3 is 2.42 bits per heavy atom. The zero-order valence-electron chi connectivity index (χ0n) is 13.5. The molecule has 2 N–H and O–H groups in total. The van der Waals surface area contributed by atoms with Crippen LogP contribution >= 0.6 is 23.2 Å². The molecular weight excluding hydrogens is 371 g/mol. The van der Waals surface area contributed by atoms with Crippen molar-refractivity contribution in [1.29, 1.82) is 0 Å². The third kappa shape index (κ3) is 5.34. The van der Waals surface area contributed by atoms with Gasteiger partial charge in [-0.2, -0.15) is 4.72 Å². The normalized spacial score (nSPS) is 18.0. The maximum Gasteiger partial charge on any atom is 0.242 e. The molecule has 0 saturated heterocycles. The number of nitrogens with one attached hydrogen (secondary N) is 2. The summed E-state index contributed by atoms with van der Waals surface area (Å²) in [6, 6.07) is 3.40. The predicted octanol–water partition coefficient (Wildman–Crippen LogP) is 3.50. The van der Waals surface area contributed by atoms with E-state index in [-0.39, 0.29) is 26.9 Å². The van der Waals surface area contributed by atoms with Crippen LogP contribution in [-0.2, 0) is 14.8 Å². The summed E-state index contributed by atoms with van der Waals surface area (Å²) in [6.45, 7) is 1.52. The number of hydrogen-bond donors (Lipinski definition) is 2. The van der Waals surface area contributed by atoms with E-state index in [1.165, 1.54) is 38.0 Å². The fourth-order valence-electron chi connectivity index (χ4n) is 2.78. The van der Waals surface area contributed by atoms with Crippen molar-refractivity contribution < 1.29 is 13.2 Å². The molecular formula is C16H22Cl2N2O3S. The van der Waals surface area contributed by atoms with Crippen LogP contribution in [0.25, 0.3) is 0 Å². The first-order chi connectivity index (χ1) is 11.3. The van der Waals surface area contributed by atoms with Crippen molar-refractivity contribution in [3.8, 4) is 0 Å². The molecule has 0 aliphatic heterocycles. The van der Waals surface area contributed by atoms with E-state index in [0.29, 0.717) is 0 Å². The second-order valence-electron chi connectivity index (χ2n) is 6.11. The number of carbonyl (C=O) groups is 1. The van der Waals surface area contributed by atoms with Crippen molar-refractivity contribution in [3.05, 3.63) is 28.2 Å². The van der Waals surface area contributed by atoms with Crippen LogP contribution in [0.5, 0.6) is 0 Å². The third-order valence-electron chi connectivity index (χ3n) is 4.11. The summed E-state index contributed by atoms with van der Waals surface area (Å²) in [6.07, 6.45) is 6.41. The number of halogens is 2. The summed E-state index contributed by atoms with van der Waals surface area (Å²) >= 11 is 11.8. The number of rotatable bonds is 5. The lowest BCUT2D eigenvalue weighted by Gasteiger charge is -2.20. The zero-order chi connectivity index (χ0) is 17.7. The van der Waals surface area contributed by atoms with Crippen LogP contribution in [0.4, 0.5) is 0 Å². The van der Waals surface area contributed by atoms with E-state index in [1.807, 2.05) is 0 Å². The second kappa shape index (κ2) is 8.52. The highest BCUT2D eigenvalue weighted by Crippen LogP contribution is 2.25. The molecule has 0 spiro atoms. The molecule has 0 heterocycles. The van der Waals surface area contributed by atoms with Crippen molar-refractivity contribution in [2.24, 2.45) is 0 Å². The van der Waals surface area contributed by atoms with Gasteiger partial charge in [-0.15, -0.1) is 0 Å². The molecule has 5 nitrogen and oxygen atoms in total. The fraction of sp³-hybridized carbons (Fsp3) is 0.562. The highest BCUT2D eigenvalue weighted by Gasteiger charge is 2.26. The smallest absolute Gasteiger partial charge is 0.242 e. The van der Waals surface area contributed by atoms with E-state index >= 15 is 0 Å². The van der Waals surface area contributed by atoms with E-state index in [0.717, 1.165) is 25.7 Å². The third-order valence-corrected chi connectivity index (χ3v) is 6.37. The Bertz CT molecular complexity index is 687. The number of benzene rings is 1. The monoisotopic (exact) mass is 392 g/mol. The van der Waals surface area contributed by atoms with Crippen molar-refractivity contribution in [1.82, 2.24) is 10.0 Å². The topological polar surface area (TPSA) is 75.3 Å². The fourth-order valence-corrected chi connectivity index (χ4v) is 4.75. The minimum atomic E-state index is -3.93. The van der Waals surface area contributed by atoms with E-state index < -0.39 is 16.1 Å². The maximum absolute atomic E-state index is 12.4. The Hall–Kier alpha value is -0.820. The van der Waals surface area contributed by atoms with Gasteiger partial charge in [0.2, 0.25) is 15.9 Å². The molecule has 1 amide bonds. The van der Waals surface area contributed by atoms with Crippen molar-refractivity contribution in [2.45, 2.75) is 62.4 Å². The van der Waals surface area contributed by atoms with E-state index in [9.17, 15) is 13.2 Å². The van der Waals surface area contributed by atoms with Crippen LogP contribution in [0.3, 0.4) is 0 Å². The lowest BCUT2D eigenvalue weighted by atomic mass is 10.1. The SMILES string of the molecule is CC(NS(=O)(=O)c1cc(Cl)ccc1Cl)C(=O)NC1CCCCCC1. The van der Waals surface area contributed by atoms with Crippen LogP contribution in [0, 0.1) is 0 Å².